The first kappa shape index (κ1) is 11.9. The monoisotopic (exact) mass is 239 g/mol. The number of aliphatic hydroxyl groups excluding tert-OH is 1. The number of hydrogen-bond donors (Lipinski definition) is 1. The molecular formula is C14H25NO2. The summed E-state index contributed by atoms with van der Waals surface area (Å²) in [5, 5.41) is 9.92. The second-order valence-corrected chi connectivity index (χ2v) is 6.22. The van der Waals surface area contributed by atoms with Crippen LogP contribution < -0.4 is 0 Å². The standard InChI is InChI=1S/C14H25NO2/c1-3-15-8-14(9-16)7-6-12(17-2)13-10(14)4-5-11(13)15/h10-13,16H,3-9H2,1-2H3/t10?,11?,12-,13-,14-/m0/s1. The fourth-order valence-corrected chi connectivity index (χ4v) is 5.04. The number of ether oxygens (including phenoxy) is 1. The van der Waals surface area contributed by atoms with Crippen LogP contribution in [0.5, 0.6) is 0 Å². The summed E-state index contributed by atoms with van der Waals surface area (Å²) < 4.78 is 5.73. The number of hydrogen-bond acceptors (Lipinski definition) is 3. The molecule has 1 aliphatic heterocycles. The van der Waals surface area contributed by atoms with Crippen LogP contribution in [0.25, 0.3) is 0 Å². The van der Waals surface area contributed by atoms with E-state index in [9.17, 15) is 5.11 Å². The predicted octanol–water partition coefficient (Wildman–Crippen LogP) is 1.50. The normalized spacial score (nSPS) is 49.6. The summed E-state index contributed by atoms with van der Waals surface area (Å²) in [4.78, 5) is 2.61. The van der Waals surface area contributed by atoms with E-state index in [1.165, 1.54) is 12.8 Å². The van der Waals surface area contributed by atoms with Gasteiger partial charge >= 0.3 is 0 Å². The Morgan fingerprint density at radius 1 is 1.35 bits per heavy atom. The van der Waals surface area contributed by atoms with Gasteiger partial charge < -0.3 is 9.84 Å². The van der Waals surface area contributed by atoms with Crippen molar-refractivity contribution in [1.82, 2.24) is 4.90 Å². The van der Waals surface area contributed by atoms with Crippen LogP contribution in [0.4, 0.5) is 0 Å². The zero-order valence-electron chi connectivity index (χ0n) is 11.1. The third-order valence-electron chi connectivity index (χ3n) is 5.84. The van der Waals surface area contributed by atoms with Crippen molar-refractivity contribution in [2.45, 2.75) is 44.8 Å². The van der Waals surface area contributed by atoms with Gasteiger partial charge in [0.2, 0.25) is 0 Å². The average molecular weight is 239 g/mol. The quantitative estimate of drug-likeness (QED) is 0.810. The number of aliphatic hydroxyl groups is 1. The summed E-state index contributed by atoms with van der Waals surface area (Å²) in [6, 6.07) is 0.718. The van der Waals surface area contributed by atoms with Gasteiger partial charge in [-0.2, -0.15) is 0 Å². The molecule has 3 fully saturated rings. The smallest absolute Gasteiger partial charge is 0.0617 e. The molecule has 0 radical (unpaired) electrons. The van der Waals surface area contributed by atoms with Crippen molar-refractivity contribution in [3.05, 3.63) is 0 Å². The lowest BCUT2D eigenvalue weighted by molar-refractivity contribution is -0.139. The summed E-state index contributed by atoms with van der Waals surface area (Å²) >= 11 is 0. The molecule has 3 heteroatoms. The summed E-state index contributed by atoms with van der Waals surface area (Å²) in [5.41, 5.74) is 0.183. The molecule has 0 aromatic carbocycles. The van der Waals surface area contributed by atoms with Gasteiger partial charge in [0.05, 0.1) is 12.7 Å². The first-order valence-corrected chi connectivity index (χ1v) is 7.13. The molecule has 17 heavy (non-hydrogen) atoms. The van der Waals surface area contributed by atoms with Gasteiger partial charge in [0.15, 0.2) is 0 Å². The van der Waals surface area contributed by atoms with E-state index in [1.54, 1.807) is 0 Å². The molecule has 1 heterocycles. The topological polar surface area (TPSA) is 32.7 Å². The van der Waals surface area contributed by atoms with Crippen molar-refractivity contribution in [2.75, 3.05) is 26.8 Å². The highest BCUT2D eigenvalue weighted by molar-refractivity contribution is 5.10. The van der Waals surface area contributed by atoms with E-state index in [4.69, 9.17) is 4.74 Å². The second kappa shape index (κ2) is 4.22. The maximum atomic E-state index is 9.92. The van der Waals surface area contributed by atoms with E-state index >= 15 is 0 Å². The lowest BCUT2D eigenvalue weighted by Gasteiger charge is -2.56. The molecular weight excluding hydrogens is 214 g/mol. The zero-order chi connectivity index (χ0) is 12.0. The Labute approximate surface area is 104 Å². The highest BCUT2D eigenvalue weighted by Crippen LogP contribution is 2.58. The lowest BCUT2D eigenvalue weighted by atomic mass is 9.59. The molecule has 2 unspecified atom stereocenters. The Morgan fingerprint density at radius 3 is 2.82 bits per heavy atom. The maximum absolute atomic E-state index is 9.92. The van der Waals surface area contributed by atoms with Crippen molar-refractivity contribution in [1.29, 1.82) is 0 Å². The van der Waals surface area contributed by atoms with Crippen LogP contribution in [-0.4, -0.2) is 49.0 Å². The van der Waals surface area contributed by atoms with Gasteiger partial charge in [-0.05, 0) is 38.1 Å². The summed E-state index contributed by atoms with van der Waals surface area (Å²) in [6.07, 6.45) is 5.33. The molecule has 3 rings (SSSR count). The van der Waals surface area contributed by atoms with Gasteiger partial charge in [0.1, 0.15) is 0 Å². The van der Waals surface area contributed by atoms with E-state index in [1.807, 2.05) is 7.11 Å². The van der Waals surface area contributed by atoms with E-state index < -0.39 is 0 Å². The van der Waals surface area contributed by atoms with Gasteiger partial charge in [-0.15, -0.1) is 0 Å². The third-order valence-corrected chi connectivity index (χ3v) is 5.84. The van der Waals surface area contributed by atoms with E-state index in [2.05, 4.69) is 11.8 Å². The van der Waals surface area contributed by atoms with Gasteiger partial charge in [0.25, 0.3) is 0 Å². The average Bonchev–Trinajstić information content (AvgIpc) is 2.73. The molecule has 3 aliphatic rings. The molecule has 1 N–H and O–H groups in total. The highest BCUT2D eigenvalue weighted by atomic mass is 16.5. The number of likely N-dealkylation sites (tertiary alicyclic amines) is 1. The molecule has 98 valence electrons. The van der Waals surface area contributed by atoms with E-state index in [-0.39, 0.29) is 5.41 Å². The Bertz CT molecular complexity index is 296. The van der Waals surface area contributed by atoms with Crippen LogP contribution in [0.15, 0.2) is 0 Å². The number of piperidine rings is 1. The van der Waals surface area contributed by atoms with E-state index in [0.29, 0.717) is 24.5 Å². The van der Waals surface area contributed by atoms with Crippen LogP contribution >= 0.6 is 0 Å². The Hall–Kier alpha value is -0.120. The maximum Gasteiger partial charge on any atom is 0.0617 e. The fourth-order valence-electron chi connectivity index (χ4n) is 5.04. The molecule has 2 saturated carbocycles. The van der Waals surface area contributed by atoms with E-state index in [0.717, 1.165) is 32.0 Å². The minimum atomic E-state index is 0.183. The number of nitrogens with zero attached hydrogens (tertiary/aromatic N) is 1. The van der Waals surface area contributed by atoms with Crippen molar-refractivity contribution >= 4 is 0 Å². The van der Waals surface area contributed by atoms with Crippen LogP contribution in [-0.2, 0) is 4.74 Å². The number of methoxy groups -OCH3 is 1. The van der Waals surface area contributed by atoms with Crippen molar-refractivity contribution in [3.63, 3.8) is 0 Å². The van der Waals surface area contributed by atoms with Crippen molar-refractivity contribution in [2.24, 2.45) is 17.3 Å². The first-order chi connectivity index (χ1) is 8.25. The molecule has 2 aliphatic carbocycles. The SMILES string of the molecule is CCN1C[C@]2(CO)CC[C@H](OC)[C@@H]3C1CCC32. The largest absolute Gasteiger partial charge is 0.396 e. The van der Waals surface area contributed by atoms with Crippen LogP contribution in [0.2, 0.25) is 0 Å². The number of rotatable bonds is 3. The molecule has 0 amide bonds. The molecule has 0 spiro atoms. The van der Waals surface area contributed by atoms with Gasteiger partial charge in [0, 0.05) is 31.0 Å². The first-order valence-electron chi connectivity index (χ1n) is 7.13. The van der Waals surface area contributed by atoms with Crippen LogP contribution in [0.3, 0.4) is 0 Å². The molecule has 0 aromatic heterocycles. The fraction of sp³-hybridized carbons (Fsp3) is 1.00. The minimum absolute atomic E-state index is 0.183. The Balaban J connectivity index is 1.95. The summed E-state index contributed by atoms with van der Waals surface area (Å²) in [7, 11) is 1.86. The summed E-state index contributed by atoms with van der Waals surface area (Å²) in [5.74, 6) is 1.38. The Morgan fingerprint density at radius 2 is 2.18 bits per heavy atom. The predicted molar refractivity (Wildman–Crippen MR) is 66.8 cm³/mol. The van der Waals surface area contributed by atoms with Crippen molar-refractivity contribution < 1.29 is 9.84 Å². The second-order valence-electron chi connectivity index (χ2n) is 6.22. The third kappa shape index (κ3) is 1.52. The molecule has 3 nitrogen and oxygen atoms in total. The van der Waals surface area contributed by atoms with Crippen LogP contribution in [0.1, 0.15) is 32.6 Å². The van der Waals surface area contributed by atoms with Gasteiger partial charge in [-0.3, -0.25) is 4.90 Å². The van der Waals surface area contributed by atoms with Gasteiger partial charge in [-0.1, -0.05) is 6.92 Å². The van der Waals surface area contributed by atoms with Gasteiger partial charge in [-0.25, -0.2) is 0 Å². The molecule has 4 bridgehead atoms. The van der Waals surface area contributed by atoms with Crippen LogP contribution in [0, 0.1) is 17.3 Å². The van der Waals surface area contributed by atoms with Crippen molar-refractivity contribution in [3.8, 4) is 0 Å². The Kier molecular flexibility index (Phi) is 2.96. The zero-order valence-corrected chi connectivity index (χ0v) is 11.1. The summed E-state index contributed by atoms with van der Waals surface area (Å²) in [6.45, 7) is 4.85. The molecule has 0 aromatic rings. The lowest BCUT2D eigenvalue weighted by Crippen LogP contribution is -2.61. The molecule has 1 saturated heterocycles. The minimum Gasteiger partial charge on any atom is -0.396 e. The molecule has 5 atom stereocenters. The highest BCUT2D eigenvalue weighted by Gasteiger charge is 2.59.